The SMILES string of the molecule is Cc1ccc(S(=O)(=O)OCCOCCOCCI)cc1. The molecular weight excluding hydrogens is 395 g/mol. The third-order valence-electron chi connectivity index (χ3n) is 2.37. The van der Waals surface area contributed by atoms with E-state index >= 15 is 0 Å². The molecule has 114 valence electrons. The summed E-state index contributed by atoms with van der Waals surface area (Å²) in [5, 5.41) is 0. The van der Waals surface area contributed by atoms with Gasteiger partial charge in [-0.2, -0.15) is 8.42 Å². The quantitative estimate of drug-likeness (QED) is 0.254. The van der Waals surface area contributed by atoms with Crippen molar-refractivity contribution in [1.82, 2.24) is 0 Å². The first-order chi connectivity index (χ1) is 9.56. The zero-order chi connectivity index (χ0) is 14.8. The minimum Gasteiger partial charge on any atom is -0.378 e. The Morgan fingerprint density at radius 3 is 2.10 bits per heavy atom. The number of hydrogen-bond acceptors (Lipinski definition) is 5. The van der Waals surface area contributed by atoms with E-state index in [1.54, 1.807) is 12.1 Å². The summed E-state index contributed by atoms with van der Waals surface area (Å²) in [5.41, 5.74) is 0.999. The number of aryl methyl sites for hydroxylation is 1. The number of alkyl halides is 1. The molecule has 0 aromatic heterocycles. The summed E-state index contributed by atoms with van der Waals surface area (Å²) in [6.45, 7) is 3.76. The van der Waals surface area contributed by atoms with E-state index in [1.807, 2.05) is 6.92 Å². The highest BCUT2D eigenvalue weighted by atomic mass is 127. The molecule has 0 saturated heterocycles. The van der Waals surface area contributed by atoms with Gasteiger partial charge in [0.1, 0.15) is 0 Å². The van der Waals surface area contributed by atoms with Gasteiger partial charge in [0, 0.05) is 4.43 Å². The zero-order valence-corrected chi connectivity index (χ0v) is 14.4. The first kappa shape index (κ1) is 17.8. The number of ether oxygens (including phenoxy) is 2. The van der Waals surface area contributed by atoms with E-state index in [9.17, 15) is 8.42 Å². The first-order valence-electron chi connectivity index (χ1n) is 6.24. The molecular formula is C13H19IO5S. The Morgan fingerprint density at radius 1 is 0.950 bits per heavy atom. The minimum absolute atomic E-state index is 0.00247. The predicted molar refractivity (Wildman–Crippen MR) is 84.8 cm³/mol. The highest BCUT2D eigenvalue weighted by Gasteiger charge is 2.14. The van der Waals surface area contributed by atoms with Crippen LogP contribution in [0.2, 0.25) is 0 Å². The standard InChI is InChI=1S/C13H19IO5S/c1-12-2-4-13(5-3-12)20(15,16)19-11-10-18-9-8-17-7-6-14/h2-5H,6-11H2,1H3. The fourth-order valence-corrected chi connectivity index (χ4v) is 2.56. The molecule has 0 unspecified atom stereocenters. The van der Waals surface area contributed by atoms with E-state index in [4.69, 9.17) is 13.7 Å². The van der Waals surface area contributed by atoms with E-state index in [0.29, 0.717) is 19.8 Å². The lowest BCUT2D eigenvalue weighted by Crippen LogP contribution is -2.13. The second-order valence-electron chi connectivity index (χ2n) is 4.00. The average Bonchev–Trinajstić information content (AvgIpc) is 2.42. The fraction of sp³-hybridized carbons (Fsp3) is 0.538. The van der Waals surface area contributed by atoms with E-state index < -0.39 is 10.1 Å². The Balaban J connectivity index is 2.22. The van der Waals surface area contributed by atoms with Gasteiger partial charge < -0.3 is 9.47 Å². The molecule has 7 heteroatoms. The van der Waals surface area contributed by atoms with Gasteiger partial charge in [0.15, 0.2) is 0 Å². The van der Waals surface area contributed by atoms with Crippen molar-refractivity contribution in [2.45, 2.75) is 11.8 Å². The van der Waals surface area contributed by atoms with E-state index in [1.165, 1.54) is 12.1 Å². The maximum absolute atomic E-state index is 11.8. The van der Waals surface area contributed by atoms with E-state index in [-0.39, 0.29) is 18.1 Å². The third-order valence-corrected chi connectivity index (χ3v) is 4.14. The van der Waals surface area contributed by atoms with Crippen molar-refractivity contribution in [3.05, 3.63) is 29.8 Å². The van der Waals surface area contributed by atoms with Crippen LogP contribution in [-0.4, -0.2) is 45.9 Å². The molecule has 0 aliphatic heterocycles. The Bertz CT molecular complexity index is 472. The summed E-state index contributed by atoms with van der Waals surface area (Å²) in [5.74, 6) is 0. The van der Waals surface area contributed by atoms with Crippen molar-refractivity contribution in [3.63, 3.8) is 0 Å². The van der Waals surface area contributed by atoms with Crippen molar-refractivity contribution in [1.29, 1.82) is 0 Å². The van der Waals surface area contributed by atoms with Crippen LogP contribution in [0.5, 0.6) is 0 Å². The summed E-state index contributed by atoms with van der Waals surface area (Å²) >= 11 is 2.23. The van der Waals surface area contributed by atoms with Crippen LogP contribution in [0.3, 0.4) is 0 Å². The smallest absolute Gasteiger partial charge is 0.297 e. The summed E-state index contributed by atoms with van der Waals surface area (Å²) in [6, 6.07) is 6.53. The van der Waals surface area contributed by atoms with Crippen molar-refractivity contribution < 1.29 is 22.1 Å². The molecule has 1 aromatic carbocycles. The molecule has 1 rings (SSSR count). The molecule has 0 aliphatic rings. The second-order valence-corrected chi connectivity index (χ2v) is 6.70. The molecule has 0 amide bonds. The lowest BCUT2D eigenvalue weighted by molar-refractivity contribution is 0.0425. The van der Waals surface area contributed by atoms with Crippen molar-refractivity contribution in [2.24, 2.45) is 0 Å². The molecule has 0 saturated carbocycles. The highest BCUT2D eigenvalue weighted by molar-refractivity contribution is 14.1. The number of hydrogen-bond donors (Lipinski definition) is 0. The van der Waals surface area contributed by atoms with Crippen LogP contribution < -0.4 is 0 Å². The maximum Gasteiger partial charge on any atom is 0.297 e. The van der Waals surface area contributed by atoms with Crippen LogP contribution in [0.4, 0.5) is 0 Å². The molecule has 0 heterocycles. The molecule has 0 N–H and O–H groups in total. The first-order valence-corrected chi connectivity index (χ1v) is 9.17. The Hall–Kier alpha value is -0.220. The van der Waals surface area contributed by atoms with Crippen molar-refractivity contribution in [3.8, 4) is 0 Å². The van der Waals surface area contributed by atoms with Crippen LogP contribution in [0, 0.1) is 6.92 Å². The van der Waals surface area contributed by atoms with Gasteiger partial charge in [-0.25, -0.2) is 0 Å². The molecule has 0 spiro atoms. The summed E-state index contributed by atoms with van der Waals surface area (Å²) in [7, 11) is -3.69. The van der Waals surface area contributed by atoms with Gasteiger partial charge in [-0.05, 0) is 19.1 Å². The van der Waals surface area contributed by atoms with Crippen LogP contribution in [-0.2, 0) is 23.8 Å². The molecule has 0 atom stereocenters. The summed E-state index contributed by atoms with van der Waals surface area (Å²) < 4.78 is 39.9. The fourth-order valence-electron chi connectivity index (χ4n) is 1.35. The Labute approximate surface area is 133 Å². The normalized spacial score (nSPS) is 11.7. The molecule has 0 radical (unpaired) electrons. The molecule has 20 heavy (non-hydrogen) atoms. The molecule has 0 aliphatic carbocycles. The third kappa shape index (κ3) is 6.98. The van der Waals surface area contributed by atoms with Gasteiger partial charge >= 0.3 is 0 Å². The maximum atomic E-state index is 11.8. The molecule has 0 bridgehead atoms. The summed E-state index contributed by atoms with van der Waals surface area (Å²) in [4.78, 5) is 0.161. The molecule has 1 aromatic rings. The number of rotatable bonds is 10. The van der Waals surface area contributed by atoms with Gasteiger partial charge in [0.05, 0.1) is 37.9 Å². The van der Waals surface area contributed by atoms with Gasteiger partial charge in [-0.3, -0.25) is 4.18 Å². The Morgan fingerprint density at radius 2 is 1.50 bits per heavy atom. The number of benzene rings is 1. The number of halogens is 1. The predicted octanol–water partition coefficient (Wildman–Crippen LogP) is 2.17. The van der Waals surface area contributed by atoms with Crippen LogP contribution in [0.15, 0.2) is 29.2 Å². The summed E-state index contributed by atoms with van der Waals surface area (Å²) in [6.07, 6.45) is 0. The van der Waals surface area contributed by atoms with Gasteiger partial charge in [0.25, 0.3) is 10.1 Å². The van der Waals surface area contributed by atoms with Crippen LogP contribution in [0.25, 0.3) is 0 Å². The lowest BCUT2D eigenvalue weighted by atomic mass is 10.2. The lowest BCUT2D eigenvalue weighted by Gasteiger charge is -2.07. The van der Waals surface area contributed by atoms with E-state index in [0.717, 1.165) is 9.99 Å². The van der Waals surface area contributed by atoms with Crippen LogP contribution >= 0.6 is 22.6 Å². The van der Waals surface area contributed by atoms with Crippen molar-refractivity contribution >= 4 is 32.7 Å². The van der Waals surface area contributed by atoms with Gasteiger partial charge in [-0.1, -0.05) is 40.3 Å². The monoisotopic (exact) mass is 414 g/mol. The van der Waals surface area contributed by atoms with Gasteiger partial charge in [-0.15, -0.1) is 0 Å². The second kappa shape index (κ2) is 9.67. The largest absolute Gasteiger partial charge is 0.378 e. The zero-order valence-electron chi connectivity index (χ0n) is 11.4. The molecule has 5 nitrogen and oxygen atoms in total. The van der Waals surface area contributed by atoms with E-state index in [2.05, 4.69) is 22.6 Å². The minimum atomic E-state index is -3.69. The molecule has 0 fully saturated rings. The Kier molecular flexibility index (Phi) is 8.62. The topological polar surface area (TPSA) is 61.8 Å². The van der Waals surface area contributed by atoms with Crippen molar-refractivity contribution in [2.75, 3.05) is 37.5 Å². The van der Waals surface area contributed by atoms with Gasteiger partial charge in [0.2, 0.25) is 0 Å². The highest BCUT2D eigenvalue weighted by Crippen LogP contribution is 2.12. The van der Waals surface area contributed by atoms with Crippen LogP contribution in [0.1, 0.15) is 5.56 Å². The average molecular weight is 414 g/mol.